The predicted molar refractivity (Wildman–Crippen MR) is 151 cm³/mol. The number of hydrogen-bond acceptors (Lipinski definition) is 10. The first-order valence-corrected chi connectivity index (χ1v) is 13.5. The molecule has 4 aromatic heterocycles. The number of nitriles is 1. The zero-order valence-corrected chi connectivity index (χ0v) is 22.2. The Morgan fingerprint density at radius 1 is 0.927 bits per heavy atom. The summed E-state index contributed by atoms with van der Waals surface area (Å²) in [5.41, 5.74) is 5.56. The van der Waals surface area contributed by atoms with E-state index in [9.17, 15) is 0 Å². The number of likely N-dealkylation sites (tertiary alicyclic amines) is 1. The summed E-state index contributed by atoms with van der Waals surface area (Å²) in [6.45, 7) is 3.18. The van der Waals surface area contributed by atoms with Crippen molar-refractivity contribution >= 4 is 5.82 Å². The molecule has 11 nitrogen and oxygen atoms in total. The summed E-state index contributed by atoms with van der Waals surface area (Å²) in [7, 11) is 0. The SMILES string of the molecule is N#Cc1nccc(NC2CCN(Cc3ccc(-c4nc5n(c4-c4cnccn4)COc4ccncc4-5)cc3)CC2)n1. The third kappa shape index (κ3) is 4.97. The molecule has 1 fully saturated rings. The molecule has 7 rings (SSSR count). The maximum atomic E-state index is 9.04. The summed E-state index contributed by atoms with van der Waals surface area (Å²) >= 11 is 0. The van der Waals surface area contributed by atoms with Crippen molar-refractivity contribution in [3.63, 3.8) is 0 Å². The molecule has 0 spiro atoms. The van der Waals surface area contributed by atoms with Gasteiger partial charge in [0.25, 0.3) is 0 Å². The van der Waals surface area contributed by atoms with Crippen molar-refractivity contribution in [2.75, 3.05) is 18.4 Å². The van der Waals surface area contributed by atoms with Crippen LogP contribution in [0.5, 0.6) is 5.75 Å². The second kappa shape index (κ2) is 10.7. The molecule has 0 bridgehead atoms. The van der Waals surface area contributed by atoms with Gasteiger partial charge in [0.2, 0.25) is 5.82 Å². The van der Waals surface area contributed by atoms with Crippen molar-refractivity contribution in [3.8, 4) is 45.9 Å². The Morgan fingerprint density at radius 3 is 2.59 bits per heavy atom. The molecule has 6 heterocycles. The summed E-state index contributed by atoms with van der Waals surface area (Å²) < 4.78 is 8.06. The van der Waals surface area contributed by atoms with E-state index in [0.29, 0.717) is 18.6 Å². The van der Waals surface area contributed by atoms with Gasteiger partial charge in [-0.05, 0) is 30.5 Å². The largest absolute Gasteiger partial charge is 0.472 e. The summed E-state index contributed by atoms with van der Waals surface area (Å²) in [5.74, 6) is 2.47. The molecule has 41 heavy (non-hydrogen) atoms. The Labute approximate surface area is 236 Å². The van der Waals surface area contributed by atoms with E-state index in [1.807, 2.05) is 22.8 Å². The van der Waals surface area contributed by atoms with Gasteiger partial charge in [0.1, 0.15) is 29.2 Å². The lowest BCUT2D eigenvalue weighted by Crippen LogP contribution is -2.38. The number of benzene rings is 1. The number of imidazole rings is 1. The van der Waals surface area contributed by atoms with Crippen LogP contribution in [0.4, 0.5) is 5.82 Å². The van der Waals surface area contributed by atoms with Crippen molar-refractivity contribution < 1.29 is 4.74 Å². The molecule has 1 saturated heterocycles. The van der Waals surface area contributed by atoms with Crippen molar-refractivity contribution in [3.05, 3.63) is 85.0 Å². The maximum Gasteiger partial charge on any atom is 0.234 e. The van der Waals surface area contributed by atoms with Crippen molar-refractivity contribution in [2.24, 2.45) is 0 Å². The summed E-state index contributed by atoms with van der Waals surface area (Å²) in [6.07, 6.45) is 12.3. The molecule has 1 aromatic carbocycles. The highest BCUT2D eigenvalue weighted by Crippen LogP contribution is 2.40. The van der Waals surface area contributed by atoms with Gasteiger partial charge >= 0.3 is 0 Å². The maximum absolute atomic E-state index is 9.04. The van der Waals surface area contributed by atoms with Crippen LogP contribution in [-0.2, 0) is 13.3 Å². The molecular formula is C30H26N10O. The van der Waals surface area contributed by atoms with E-state index in [2.05, 4.69) is 59.4 Å². The summed E-state index contributed by atoms with van der Waals surface area (Å²) in [5, 5.41) is 12.5. The Hall–Kier alpha value is -5.21. The third-order valence-corrected chi connectivity index (χ3v) is 7.47. The quantitative estimate of drug-likeness (QED) is 0.334. The molecule has 0 radical (unpaired) electrons. The lowest BCUT2D eigenvalue weighted by atomic mass is 10.0. The number of hydrogen-bond donors (Lipinski definition) is 1. The average Bonchev–Trinajstić information content (AvgIpc) is 3.43. The van der Waals surface area contributed by atoms with Crippen LogP contribution in [0.2, 0.25) is 0 Å². The van der Waals surface area contributed by atoms with E-state index in [4.69, 9.17) is 15.0 Å². The van der Waals surface area contributed by atoms with Gasteiger partial charge in [-0.1, -0.05) is 24.3 Å². The second-order valence-electron chi connectivity index (χ2n) is 10.1. The molecule has 0 aliphatic carbocycles. The van der Waals surface area contributed by atoms with Gasteiger partial charge in [-0.2, -0.15) is 5.26 Å². The minimum absolute atomic E-state index is 0.186. The Morgan fingerprint density at radius 2 is 1.78 bits per heavy atom. The van der Waals surface area contributed by atoms with Crippen LogP contribution in [0, 0.1) is 11.3 Å². The first kappa shape index (κ1) is 24.8. The highest BCUT2D eigenvalue weighted by atomic mass is 16.5. The zero-order valence-electron chi connectivity index (χ0n) is 22.2. The summed E-state index contributed by atoms with van der Waals surface area (Å²) in [4.78, 5) is 28.9. The number of anilines is 1. The lowest BCUT2D eigenvalue weighted by Gasteiger charge is -2.32. The van der Waals surface area contributed by atoms with Crippen LogP contribution < -0.4 is 10.1 Å². The molecule has 5 aromatic rings. The van der Waals surface area contributed by atoms with E-state index in [1.165, 1.54) is 5.56 Å². The minimum Gasteiger partial charge on any atom is -0.472 e. The Kier molecular flexibility index (Phi) is 6.50. The molecule has 0 amide bonds. The first-order valence-electron chi connectivity index (χ1n) is 13.5. The molecular weight excluding hydrogens is 516 g/mol. The van der Waals surface area contributed by atoms with E-state index < -0.39 is 0 Å². The molecule has 1 N–H and O–H groups in total. The summed E-state index contributed by atoms with van der Waals surface area (Å²) in [6, 6.07) is 14.6. The highest BCUT2D eigenvalue weighted by Gasteiger charge is 2.27. The molecule has 202 valence electrons. The van der Waals surface area contributed by atoms with Gasteiger partial charge in [-0.15, -0.1) is 0 Å². The topological polar surface area (TPSA) is 131 Å². The van der Waals surface area contributed by atoms with Crippen LogP contribution in [0.3, 0.4) is 0 Å². The van der Waals surface area contributed by atoms with Crippen LogP contribution in [0.25, 0.3) is 34.0 Å². The Balaban J connectivity index is 1.08. The molecule has 2 aliphatic heterocycles. The first-order chi connectivity index (χ1) is 20.2. The van der Waals surface area contributed by atoms with Gasteiger partial charge in [-0.3, -0.25) is 24.4 Å². The smallest absolute Gasteiger partial charge is 0.234 e. The minimum atomic E-state index is 0.186. The zero-order chi connectivity index (χ0) is 27.6. The number of aromatic nitrogens is 7. The third-order valence-electron chi connectivity index (χ3n) is 7.47. The molecule has 11 heteroatoms. The number of nitrogens with one attached hydrogen (secondary N) is 1. The number of piperidine rings is 1. The molecule has 2 aliphatic rings. The average molecular weight is 543 g/mol. The van der Waals surface area contributed by atoms with E-state index >= 15 is 0 Å². The molecule has 0 unspecified atom stereocenters. The highest BCUT2D eigenvalue weighted by molar-refractivity contribution is 5.82. The number of fused-ring (bicyclic) bond motifs is 3. The van der Waals surface area contributed by atoms with Crippen LogP contribution in [0.15, 0.2) is 73.6 Å². The van der Waals surface area contributed by atoms with Crippen molar-refractivity contribution in [1.29, 1.82) is 5.26 Å². The second-order valence-corrected chi connectivity index (χ2v) is 10.1. The normalized spacial score (nSPS) is 14.9. The van der Waals surface area contributed by atoms with Gasteiger partial charge in [0.05, 0.1) is 23.1 Å². The van der Waals surface area contributed by atoms with Crippen molar-refractivity contribution in [1.82, 2.24) is 39.4 Å². The van der Waals surface area contributed by atoms with Gasteiger partial charge < -0.3 is 10.1 Å². The number of rotatable bonds is 6. The van der Waals surface area contributed by atoms with Crippen LogP contribution in [-0.4, -0.2) is 58.5 Å². The van der Waals surface area contributed by atoms with Gasteiger partial charge in [0.15, 0.2) is 6.73 Å². The lowest BCUT2D eigenvalue weighted by molar-refractivity contribution is 0.211. The molecule has 0 saturated carbocycles. The number of nitrogens with zero attached hydrogens (tertiary/aromatic N) is 9. The fraction of sp³-hybridized carbons (Fsp3) is 0.233. The van der Waals surface area contributed by atoms with E-state index in [1.54, 1.807) is 37.2 Å². The van der Waals surface area contributed by atoms with Gasteiger partial charge in [-0.25, -0.2) is 15.0 Å². The fourth-order valence-electron chi connectivity index (χ4n) is 5.44. The number of pyridine rings is 1. The standard InChI is InChI=1S/C30H26N10O/c31-15-27-35-10-6-26(37-27)36-22-7-13-39(14-8-22)18-20-1-3-21(4-2-20)28-29(24-17-33-11-12-34-24)40-19-41-25-5-9-32-16-23(25)30(40)38-28/h1-6,9-12,16-17,22H,7-8,13-14,18-19H2,(H,35,36,37). The fourth-order valence-corrected chi connectivity index (χ4v) is 5.44. The molecule has 0 atom stereocenters. The van der Waals surface area contributed by atoms with Gasteiger partial charge in [0, 0.05) is 62.2 Å². The predicted octanol–water partition coefficient (Wildman–Crippen LogP) is 4.16. The van der Waals surface area contributed by atoms with Crippen molar-refractivity contribution in [2.45, 2.75) is 32.2 Å². The number of ether oxygens (including phenoxy) is 1. The Bertz CT molecular complexity index is 1720. The van der Waals surface area contributed by atoms with Crippen LogP contribution >= 0.6 is 0 Å². The monoisotopic (exact) mass is 542 g/mol. The van der Waals surface area contributed by atoms with E-state index in [-0.39, 0.29) is 5.82 Å². The van der Waals surface area contributed by atoms with Crippen LogP contribution in [0.1, 0.15) is 24.2 Å². The van der Waals surface area contributed by atoms with E-state index in [0.717, 1.165) is 72.3 Å².